The zero-order chi connectivity index (χ0) is 11.1. The van der Waals surface area contributed by atoms with Gasteiger partial charge in [0.1, 0.15) is 4.84 Å². The number of hydrogen-bond donors (Lipinski definition) is 0. The van der Waals surface area contributed by atoms with Crippen molar-refractivity contribution in [2.75, 3.05) is 7.11 Å². The standard InChI is InChI=1S/C12H16Cl2O/c1-15-11(8-5-9-12(13)14)10-6-3-2-4-7-10/h2-4,6-7,11-12H,5,8-9H2,1H3. The maximum absolute atomic E-state index is 5.68. The highest BCUT2D eigenvalue weighted by atomic mass is 35.5. The Bertz CT molecular complexity index is 262. The van der Waals surface area contributed by atoms with E-state index in [4.69, 9.17) is 27.9 Å². The summed E-state index contributed by atoms with van der Waals surface area (Å²) in [6, 6.07) is 10.2. The van der Waals surface area contributed by atoms with Crippen molar-refractivity contribution in [3.63, 3.8) is 0 Å². The van der Waals surface area contributed by atoms with Crippen molar-refractivity contribution in [3.8, 4) is 0 Å². The van der Waals surface area contributed by atoms with Gasteiger partial charge in [-0.05, 0) is 24.8 Å². The van der Waals surface area contributed by atoms with Crippen molar-refractivity contribution in [1.29, 1.82) is 0 Å². The van der Waals surface area contributed by atoms with E-state index in [1.807, 2.05) is 18.2 Å². The van der Waals surface area contributed by atoms with Crippen molar-refractivity contribution in [1.82, 2.24) is 0 Å². The minimum Gasteiger partial charge on any atom is -0.377 e. The summed E-state index contributed by atoms with van der Waals surface area (Å²) in [7, 11) is 1.73. The smallest absolute Gasteiger partial charge is 0.107 e. The van der Waals surface area contributed by atoms with E-state index in [0.717, 1.165) is 19.3 Å². The summed E-state index contributed by atoms with van der Waals surface area (Å²) in [6.07, 6.45) is 2.90. The summed E-state index contributed by atoms with van der Waals surface area (Å²) in [6.45, 7) is 0. The summed E-state index contributed by atoms with van der Waals surface area (Å²) < 4.78 is 5.43. The maximum Gasteiger partial charge on any atom is 0.107 e. The van der Waals surface area contributed by atoms with Crippen LogP contribution < -0.4 is 0 Å². The van der Waals surface area contributed by atoms with Gasteiger partial charge in [-0.1, -0.05) is 30.3 Å². The molecule has 0 radical (unpaired) electrons. The van der Waals surface area contributed by atoms with Gasteiger partial charge in [0.2, 0.25) is 0 Å². The molecular weight excluding hydrogens is 231 g/mol. The van der Waals surface area contributed by atoms with Gasteiger partial charge in [-0.25, -0.2) is 0 Å². The molecule has 1 unspecified atom stereocenters. The van der Waals surface area contributed by atoms with E-state index in [-0.39, 0.29) is 10.9 Å². The molecule has 0 N–H and O–H groups in total. The second-order valence-electron chi connectivity index (χ2n) is 3.46. The Morgan fingerprint density at radius 1 is 1.13 bits per heavy atom. The van der Waals surface area contributed by atoms with Gasteiger partial charge < -0.3 is 4.74 Å². The van der Waals surface area contributed by atoms with Gasteiger partial charge >= 0.3 is 0 Å². The van der Waals surface area contributed by atoms with E-state index in [2.05, 4.69) is 12.1 Å². The van der Waals surface area contributed by atoms with Crippen molar-refractivity contribution in [3.05, 3.63) is 35.9 Å². The quantitative estimate of drug-likeness (QED) is 0.679. The average molecular weight is 247 g/mol. The SMILES string of the molecule is COC(CCCC(Cl)Cl)c1ccccc1. The van der Waals surface area contributed by atoms with E-state index in [1.54, 1.807) is 7.11 Å². The van der Waals surface area contributed by atoms with Crippen molar-refractivity contribution >= 4 is 23.2 Å². The number of halogens is 2. The van der Waals surface area contributed by atoms with E-state index in [0.29, 0.717) is 0 Å². The number of methoxy groups -OCH3 is 1. The molecule has 1 aromatic carbocycles. The van der Waals surface area contributed by atoms with Crippen LogP contribution in [-0.4, -0.2) is 11.9 Å². The van der Waals surface area contributed by atoms with E-state index in [1.165, 1.54) is 5.56 Å². The fourth-order valence-electron chi connectivity index (χ4n) is 1.55. The first-order chi connectivity index (χ1) is 7.24. The van der Waals surface area contributed by atoms with E-state index in [9.17, 15) is 0 Å². The second-order valence-corrected chi connectivity index (χ2v) is 4.73. The lowest BCUT2D eigenvalue weighted by atomic mass is 10.0. The van der Waals surface area contributed by atoms with Crippen LogP contribution in [-0.2, 0) is 4.74 Å². The van der Waals surface area contributed by atoms with Gasteiger partial charge in [0.25, 0.3) is 0 Å². The van der Waals surface area contributed by atoms with Crippen LogP contribution >= 0.6 is 23.2 Å². The lowest BCUT2D eigenvalue weighted by Gasteiger charge is -2.15. The number of benzene rings is 1. The molecule has 0 aliphatic rings. The summed E-state index contributed by atoms with van der Waals surface area (Å²) >= 11 is 11.4. The summed E-state index contributed by atoms with van der Waals surface area (Å²) in [5.74, 6) is 0. The Morgan fingerprint density at radius 2 is 1.80 bits per heavy atom. The Labute approximate surface area is 101 Å². The normalized spacial score (nSPS) is 13.1. The molecule has 0 amide bonds. The molecule has 0 saturated carbocycles. The monoisotopic (exact) mass is 246 g/mol. The van der Waals surface area contributed by atoms with Crippen molar-refractivity contribution < 1.29 is 4.74 Å². The first kappa shape index (κ1) is 12.8. The molecule has 1 rings (SSSR count). The third-order valence-corrected chi connectivity index (χ3v) is 2.78. The van der Waals surface area contributed by atoms with Crippen molar-refractivity contribution in [2.24, 2.45) is 0 Å². The van der Waals surface area contributed by atoms with Crippen LogP contribution in [0.15, 0.2) is 30.3 Å². The molecule has 1 aromatic rings. The van der Waals surface area contributed by atoms with Crippen molar-refractivity contribution in [2.45, 2.75) is 30.2 Å². The molecule has 0 spiro atoms. The van der Waals surface area contributed by atoms with Crippen LogP contribution in [0.5, 0.6) is 0 Å². The minimum absolute atomic E-state index is 0.151. The topological polar surface area (TPSA) is 9.23 Å². The van der Waals surface area contributed by atoms with Crippen LogP contribution in [0.4, 0.5) is 0 Å². The number of rotatable bonds is 6. The molecule has 0 heterocycles. The Morgan fingerprint density at radius 3 is 2.33 bits per heavy atom. The zero-order valence-electron chi connectivity index (χ0n) is 8.83. The molecule has 15 heavy (non-hydrogen) atoms. The molecule has 3 heteroatoms. The summed E-state index contributed by atoms with van der Waals surface area (Å²) in [5.41, 5.74) is 1.21. The summed E-state index contributed by atoms with van der Waals surface area (Å²) in [4.78, 5) is -0.265. The largest absolute Gasteiger partial charge is 0.377 e. The molecule has 0 fully saturated rings. The highest BCUT2D eigenvalue weighted by Gasteiger charge is 2.10. The first-order valence-electron chi connectivity index (χ1n) is 5.10. The van der Waals surface area contributed by atoms with Gasteiger partial charge in [0, 0.05) is 7.11 Å². The molecule has 0 aromatic heterocycles. The highest BCUT2D eigenvalue weighted by molar-refractivity contribution is 6.44. The molecule has 0 bridgehead atoms. The number of alkyl halides is 2. The zero-order valence-corrected chi connectivity index (χ0v) is 10.3. The number of hydrogen-bond acceptors (Lipinski definition) is 1. The van der Waals surface area contributed by atoms with Crippen LogP contribution in [0, 0.1) is 0 Å². The van der Waals surface area contributed by atoms with Gasteiger partial charge in [0.05, 0.1) is 6.10 Å². The lowest BCUT2D eigenvalue weighted by molar-refractivity contribution is 0.0935. The highest BCUT2D eigenvalue weighted by Crippen LogP contribution is 2.24. The molecule has 0 saturated heterocycles. The van der Waals surface area contributed by atoms with E-state index < -0.39 is 0 Å². The molecule has 84 valence electrons. The van der Waals surface area contributed by atoms with E-state index >= 15 is 0 Å². The van der Waals surface area contributed by atoms with Gasteiger partial charge in [-0.3, -0.25) is 0 Å². The Hall–Kier alpha value is -0.240. The Balaban J connectivity index is 2.43. The fourth-order valence-corrected chi connectivity index (χ4v) is 1.85. The van der Waals surface area contributed by atoms with Gasteiger partial charge in [-0.2, -0.15) is 0 Å². The molecule has 1 nitrogen and oxygen atoms in total. The third-order valence-electron chi connectivity index (χ3n) is 2.34. The maximum atomic E-state index is 5.68. The lowest BCUT2D eigenvalue weighted by Crippen LogP contribution is -2.02. The summed E-state index contributed by atoms with van der Waals surface area (Å²) in [5, 5.41) is 0. The molecular formula is C12H16Cl2O. The second kappa shape index (κ2) is 7.10. The predicted octanol–water partition coefficient (Wildman–Crippen LogP) is 4.35. The number of ether oxygens (including phenoxy) is 1. The van der Waals surface area contributed by atoms with Crippen LogP contribution in [0.2, 0.25) is 0 Å². The molecule has 0 aliphatic heterocycles. The first-order valence-corrected chi connectivity index (χ1v) is 5.97. The Kier molecular flexibility index (Phi) is 6.07. The third kappa shape index (κ3) is 4.87. The van der Waals surface area contributed by atoms with Gasteiger partial charge in [0.15, 0.2) is 0 Å². The fraction of sp³-hybridized carbons (Fsp3) is 0.500. The van der Waals surface area contributed by atoms with Gasteiger partial charge in [-0.15, -0.1) is 23.2 Å². The van der Waals surface area contributed by atoms with Crippen LogP contribution in [0.3, 0.4) is 0 Å². The van der Waals surface area contributed by atoms with Crippen LogP contribution in [0.1, 0.15) is 30.9 Å². The molecule has 0 aliphatic carbocycles. The average Bonchev–Trinajstić information content (AvgIpc) is 2.25. The minimum atomic E-state index is -0.265. The molecule has 1 atom stereocenters. The van der Waals surface area contributed by atoms with Crippen LogP contribution in [0.25, 0.3) is 0 Å². The predicted molar refractivity (Wildman–Crippen MR) is 65.5 cm³/mol.